The van der Waals surface area contributed by atoms with Crippen LogP contribution in [0, 0.1) is 0 Å². The molecule has 0 unspecified atom stereocenters. The summed E-state index contributed by atoms with van der Waals surface area (Å²) in [7, 11) is 0. The number of nitrogens with zero attached hydrogens (tertiary/aromatic N) is 2. The highest BCUT2D eigenvalue weighted by Gasteiger charge is 2.05. The van der Waals surface area contributed by atoms with E-state index in [0.717, 1.165) is 11.0 Å². The monoisotopic (exact) mass is 256 g/mol. The fourth-order valence-corrected chi connectivity index (χ4v) is 2.58. The van der Waals surface area contributed by atoms with Crippen molar-refractivity contribution in [2.45, 2.75) is 0 Å². The van der Waals surface area contributed by atoms with Crippen LogP contribution in [0.15, 0.2) is 73.1 Å². The van der Waals surface area contributed by atoms with Crippen molar-refractivity contribution in [3.8, 4) is 11.1 Å². The van der Waals surface area contributed by atoms with Gasteiger partial charge in [-0.1, -0.05) is 30.3 Å². The molecule has 0 aliphatic heterocycles. The zero-order valence-electron chi connectivity index (χ0n) is 10.8. The smallest absolute Gasteiger partial charge is 0.0715 e. The number of benzene rings is 2. The summed E-state index contributed by atoms with van der Waals surface area (Å²) in [5, 5.41) is 2.35. The Balaban J connectivity index is 2.09. The van der Waals surface area contributed by atoms with Gasteiger partial charge in [-0.05, 0) is 41.5 Å². The summed E-state index contributed by atoms with van der Waals surface area (Å²) in [6.07, 6.45) is 3.64. The van der Waals surface area contributed by atoms with Gasteiger partial charge in [-0.15, -0.1) is 0 Å². The van der Waals surface area contributed by atoms with Crippen LogP contribution in [0.25, 0.3) is 32.9 Å². The van der Waals surface area contributed by atoms with E-state index in [4.69, 9.17) is 4.98 Å². The van der Waals surface area contributed by atoms with Crippen LogP contribution in [0.5, 0.6) is 0 Å². The Morgan fingerprint density at radius 1 is 0.700 bits per heavy atom. The fraction of sp³-hybridized carbons (Fsp3) is 0. The first-order chi connectivity index (χ1) is 9.92. The summed E-state index contributed by atoms with van der Waals surface area (Å²) in [6.45, 7) is 0. The Labute approximate surface area is 116 Å². The molecule has 2 aromatic heterocycles. The molecule has 0 amide bonds. The number of para-hydroxylation sites is 1. The topological polar surface area (TPSA) is 25.8 Å². The summed E-state index contributed by atoms with van der Waals surface area (Å²) < 4.78 is 0. The van der Waals surface area contributed by atoms with Gasteiger partial charge in [0.05, 0.1) is 11.0 Å². The molecule has 2 heteroatoms. The van der Waals surface area contributed by atoms with Crippen LogP contribution < -0.4 is 0 Å². The predicted molar refractivity (Wildman–Crippen MR) is 82.5 cm³/mol. The van der Waals surface area contributed by atoms with Gasteiger partial charge in [-0.25, -0.2) is 4.98 Å². The first-order valence-corrected chi connectivity index (χ1v) is 6.61. The van der Waals surface area contributed by atoms with Gasteiger partial charge < -0.3 is 0 Å². The van der Waals surface area contributed by atoms with E-state index in [9.17, 15) is 0 Å². The van der Waals surface area contributed by atoms with E-state index < -0.39 is 0 Å². The number of hydrogen-bond donors (Lipinski definition) is 0. The fourth-order valence-electron chi connectivity index (χ4n) is 2.58. The molecule has 2 heterocycles. The third-order valence-corrected chi connectivity index (χ3v) is 3.55. The second-order valence-electron chi connectivity index (χ2n) is 4.79. The van der Waals surface area contributed by atoms with Gasteiger partial charge in [0.25, 0.3) is 0 Å². The number of rotatable bonds is 1. The highest BCUT2D eigenvalue weighted by atomic mass is 14.7. The highest BCUT2D eigenvalue weighted by Crippen LogP contribution is 2.29. The van der Waals surface area contributed by atoms with E-state index in [1.807, 2.05) is 42.7 Å². The third-order valence-electron chi connectivity index (χ3n) is 3.55. The van der Waals surface area contributed by atoms with Crippen molar-refractivity contribution >= 4 is 21.8 Å². The van der Waals surface area contributed by atoms with Crippen LogP contribution in [0.3, 0.4) is 0 Å². The quantitative estimate of drug-likeness (QED) is 0.470. The predicted octanol–water partition coefficient (Wildman–Crippen LogP) is 4.45. The molecular formula is C18H12N2. The largest absolute Gasteiger partial charge is 0.265 e. The summed E-state index contributed by atoms with van der Waals surface area (Å²) in [5.74, 6) is 0. The standard InChI is InChI=1S/C18H12N2/c1-2-6-17-14(4-1)12-16-15(5-3-7-18(16)20-17)13-8-10-19-11-9-13/h1-12H. The second-order valence-corrected chi connectivity index (χ2v) is 4.79. The van der Waals surface area contributed by atoms with E-state index >= 15 is 0 Å². The van der Waals surface area contributed by atoms with Gasteiger partial charge in [-0.3, -0.25) is 4.98 Å². The van der Waals surface area contributed by atoms with Crippen molar-refractivity contribution < 1.29 is 0 Å². The van der Waals surface area contributed by atoms with Crippen LogP contribution in [-0.2, 0) is 0 Å². The lowest BCUT2D eigenvalue weighted by molar-refractivity contribution is 1.33. The average molecular weight is 256 g/mol. The molecule has 0 N–H and O–H groups in total. The maximum atomic E-state index is 4.75. The molecule has 0 saturated carbocycles. The average Bonchev–Trinajstić information content (AvgIpc) is 2.53. The lowest BCUT2D eigenvalue weighted by Crippen LogP contribution is -1.86. The number of pyridine rings is 2. The van der Waals surface area contributed by atoms with Crippen molar-refractivity contribution in [3.63, 3.8) is 0 Å². The minimum Gasteiger partial charge on any atom is -0.265 e. The number of fused-ring (bicyclic) bond motifs is 2. The molecular weight excluding hydrogens is 244 g/mol. The van der Waals surface area contributed by atoms with Gasteiger partial charge in [0.2, 0.25) is 0 Å². The summed E-state index contributed by atoms with van der Waals surface area (Å²) in [6, 6.07) is 20.7. The Hall–Kier alpha value is -2.74. The molecule has 0 radical (unpaired) electrons. The molecule has 0 spiro atoms. The first kappa shape index (κ1) is 11.1. The molecule has 4 aromatic rings. The van der Waals surface area contributed by atoms with E-state index in [2.05, 4.69) is 35.3 Å². The SMILES string of the molecule is c1ccc2nc3cccc(-c4ccncc4)c3cc2c1. The normalized spacial score (nSPS) is 11.0. The van der Waals surface area contributed by atoms with Crippen molar-refractivity contribution in [1.82, 2.24) is 9.97 Å². The van der Waals surface area contributed by atoms with Gasteiger partial charge in [0, 0.05) is 23.2 Å². The van der Waals surface area contributed by atoms with E-state index in [0.29, 0.717) is 0 Å². The molecule has 0 bridgehead atoms. The molecule has 0 aliphatic rings. The van der Waals surface area contributed by atoms with Crippen molar-refractivity contribution in [2.75, 3.05) is 0 Å². The molecule has 0 saturated heterocycles. The second kappa shape index (κ2) is 4.42. The van der Waals surface area contributed by atoms with Crippen LogP contribution in [0.4, 0.5) is 0 Å². The minimum absolute atomic E-state index is 1.03. The number of hydrogen-bond acceptors (Lipinski definition) is 2. The van der Waals surface area contributed by atoms with E-state index in [-0.39, 0.29) is 0 Å². The molecule has 0 atom stereocenters. The van der Waals surface area contributed by atoms with Crippen LogP contribution in [-0.4, -0.2) is 9.97 Å². The lowest BCUT2D eigenvalue weighted by Gasteiger charge is -2.07. The number of aromatic nitrogens is 2. The molecule has 2 aromatic carbocycles. The van der Waals surface area contributed by atoms with E-state index in [1.165, 1.54) is 21.9 Å². The van der Waals surface area contributed by atoms with Gasteiger partial charge in [-0.2, -0.15) is 0 Å². The molecule has 94 valence electrons. The van der Waals surface area contributed by atoms with Gasteiger partial charge in [0.1, 0.15) is 0 Å². The van der Waals surface area contributed by atoms with Gasteiger partial charge >= 0.3 is 0 Å². The maximum absolute atomic E-state index is 4.75. The molecule has 0 aliphatic carbocycles. The van der Waals surface area contributed by atoms with Crippen LogP contribution in [0.1, 0.15) is 0 Å². The summed E-state index contributed by atoms with van der Waals surface area (Å²) in [4.78, 5) is 8.83. The van der Waals surface area contributed by atoms with Crippen molar-refractivity contribution in [2.24, 2.45) is 0 Å². The Morgan fingerprint density at radius 3 is 2.40 bits per heavy atom. The lowest BCUT2D eigenvalue weighted by atomic mass is 10.0. The Bertz CT molecular complexity index is 899. The zero-order valence-corrected chi connectivity index (χ0v) is 10.8. The Kier molecular flexibility index (Phi) is 2.46. The Morgan fingerprint density at radius 2 is 1.50 bits per heavy atom. The molecule has 4 rings (SSSR count). The zero-order chi connectivity index (χ0) is 13.4. The third kappa shape index (κ3) is 1.74. The summed E-state index contributed by atoms with van der Waals surface area (Å²) in [5.41, 5.74) is 4.43. The van der Waals surface area contributed by atoms with Crippen molar-refractivity contribution in [1.29, 1.82) is 0 Å². The molecule has 0 fully saturated rings. The highest BCUT2D eigenvalue weighted by molar-refractivity contribution is 6.00. The van der Waals surface area contributed by atoms with E-state index in [1.54, 1.807) is 0 Å². The summed E-state index contributed by atoms with van der Waals surface area (Å²) >= 11 is 0. The van der Waals surface area contributed by atoms with Crippen LogP contribution in [0.2, 0.25) is 0 Å². The molecule has 2 nitrogen and oxygen atoms in total. The first-order valence-electron chi connectivity index (χ1n) is 6.61. The van der Waals surface area contributed by atoms with Crippen LogP contribution >= 0.6 is 0 Å². The van der Waals surface area contributed by atoms with Gasteiger partial charge in [0.15, 0.2) is 0 Å². The maximum Gasteiger partial charge on any atom is 0.0715 e. The van der Waals surface area contributed by atoms with Crippen molar-refractivity contribution in [3.05, 3.63) is 73.1 Å². The minimum atomic E-state index is 1.03. The molecule has 20 heavy (non-hydrogen) atoms.